The van der Waals surface area contributed by atoms with E-state index in [9.17, 15) is 5.26 Å². The number of aromatic nitrogens is 2. The average molecular weight is 346 g/mol. The zero-order chi connectivity index (χ0) is 18.3. The fraction of sp³-hybridized carbons (Fsp3) is 0.455. The van der Waals surface area contributed by atoms with Crippen LogP contribution in [0.2, 0.25) is 0 Å². The highest BCUT2D eigenvalue weighted by Gasteiger charge is 2.26. The molecule has 0 bridgehead atoms. The van der Waals surface area contributed by atoms with Gasteiger partial charge in [0.15, 0.2) is 5.65 Å². The van der Waals surface area contributed by atoms with Crippen molar-refractivity contribution in [1.29, 1.82) is 5.26 Å². The predicted octanol–water partition coefficient (Wildman–Crippen LogP) is 4.79. The first-order valence-electron chi connectivity index (χ1n) is 9.70. The van der Waals surface area contributed by atoms with Gasteiger partial charge in [-0.15, -0.1) is 0 Å². The summed E-state index contributed by atoms with van der Waals surface area (Å²) in [5, 5.41) is 9.84. The van der Waals surface area contributed by atoms with Crippen LogP contribution in [0.3, 0.4) is 0 Å². The maximum atomic E-state index is 9.84. The Bertz CT molecular complexity index is 985. The highest BCUT2D eigenvalue weighted by Crippen LogP contribution is 2.32. The summed E-state index contributed by atoms with van der Waals surface area (Å²) in [7, 11) is 0. The minimum Gasteiger partial charge on any atom is -0.357 e. The number of nitrogens with zero attached hydrogens (tertiary/aromatic N) is 4. The summed E-state index contributed by atoms with van der Waals surface area (Å²) in [6, 6.07) is 12.9. The molecule has 4 rings (SSSR count). The maximum absolute atomic E-state index is 9.84. The highest BCUT2D eigenvalue weighted by atomic mass is 15.2. The molecule has 3 heterocycles. The Morgan fingerprint density at radius 2 is 1.92 bits per heavy atom. The molecule has 134 valence electrons. The lowest BCUT2D eigenvalue weighted by Gasteiger charge is -2.37. The number of fused-ring (bicyclic) bond motifs is 3. The Hall–Kier alpha value is -2.54. The molecule has 0 amide bonds. The number of para-hydroxylation sites is 2. The molecule has 3 aromatic rings. The molecule has 0 radical (unpaired) electrons. The van der Waals surface area contributed by atoms with Gasteiger partial charge in [-0.1, -0.05) is 39.3 Å². The fourth-order valence-electron chi connectivity index (χ4n) is 4.53. The zero-order valence-corrected chi connectivity index (χ0v) is 15.9. The van der Waals surface area contributed by atoms with Crippen LogP contribution in [0.25, 0.3) is 16.7 Å². The van der Waals surface area contributed by atoms with Crippen LogP contribution in [-0.4, -0.2) is 22.5 Å². The topological polar surface area (TPSA) is 44.3 Å². The van der Waals surface area contributed by atoms with Crippen LogP contribution in [0.5, 0.6) is 0 Å². The van der Waals surface area contributed by atoms with Gasteiger partial charge in [0.1, 0.15) is 11.9 Å². The average Bonchev–Trinajstić information content (AvgIpc) is 2.99. The molecule has 1 saturated heterocycles. The standard InChI is InChI=1S/C22H26N4/c1-4-7-17-11-21(25-13-15(2)10-16(3)14-25)26-20-9-6-5-8-19(20)24-22(26)18(17)12-23/h5-6,8-9,11,15-16H,4,7,10,13-14H2,1-3H3. The largest absolute Gasteiger partial charge is 0.357 e. The Balaban J connectivity index is 2.02. The minimum absolute atomic E-state index is 0.675. The summed E-state index contributed by atoms with van der Waals surface area (Å²) < 4.78 is 2.21. The van der Waals surface area contributed by atoms with Gasteiger partial charge in [-0.25, -0.2) is 4.98 Å². The Labute approximate surface area is 155 Å². The molecule has 1 fully saturated rings. The number of anilines is 1. The van der Waals surface area contributed by atoms with E-state index in [2.05, 4.69) is 48.3 Å². The molecule has 0 spiro atoms. The molecule has 0 aliphatic carbocycles. The lowest BCUT2D eigenvalue weighted by molar-refractivity contribution is 0.355. The molecule has 1 aromatic carbocycles. The maximum Gasteiger partial charge on any atom is 0.157 e. The molecule has 2 atom stereocenters. The van der Waals surface area contributed by atoms with Gasteiger partial charge in [0.2, 0.25) is 0 Å². The normalized spacial score (nSPS) is 20.6. The number of imidazole rings is 1. The number of piperidine rings is 1. The Kier molecular flexibility index (Phi) is 4.32. The third-order valence-electron chi connectivity index (χ3n) is 5.46. The zero-order valence-electron chi connectivity index (χ0n) is 15.9. The van der Waals surface area contributed by atoms with Gasteiger partial charge < -0.3 is 4.90 Å². The van der Waals surface area contributed by atoms with E-state index in [0.29, 0.717) is 11.8 Å². The van der Waals surface area contributed by atoms with Gasteiger partial charge >= 0.3 is 0 Å². The number of aryl methyl sites for hydroxylation is 1. The summed E-state index contributed by atoms with van der Waals surface area (Å²) in [5.41, 5.74) is 4.70. The van der Waals surface area contributed by atoms with Gasteiger partial charge in [-0.3, -0.25) is 4.40 Å². The second-order valence-electron chi connectivity index (χ2n) is 7.88. The first kappa shape index (κ1) is 16.9. The molecule has 2 unspecified atom stereocenters. The van der Waals surface area contributed by atoms with Crippen LogP contribution in [-0.2, 0) is 6.42 Å². The first-order valence-corrected chi connectivity index (χ1v) is 9.70. The molecule has 1 aliphatic rings. The summed E-state index contributed by atoms with van der Waals surface area (Å²) in [6.45, 7) is 8.95. The summed E-state index contributed by atoms with van der Waals surface area (Å²) in [5.74, 6) is 2.54. The SMILES string of the molecule is CCCc1cc(N2CC(C)CC(C)C2)n2c(nc3ccccc32)c1C#N. The monoisotopic (exact) mass is 346 g/mol. The number of nitriles is 1. The number of benzene rings is 1. The predicted molar refractivity (Wildman–Crippen MR) is 107 cm³/mol. The van der Waals surface area contributed by atoms with Crippen molar-refractivity contribution in [2.24, 2.45) is 11.8 Å². The molecule has 2 aromatic heterocycles. The molecule has 4 heteroatoms. The van der Waals surface area contributed by atoms with Crippen molar-refractivity contribution in [1.82, 2.24) is 9.38 Å². The van der Waals surface area contributed by atoms with Crippen LogP contribution < -0.4 is 4.90 Å². The van der Waals surface area contributed by atoms with E-state index < -0.39 is 0 Å². The number of hydrogen-bond acceptors (Lipinski definition) is 3. The van der Waals surface area contributed by atoms with E-state index >= 15 is 0 Å². The van der Waals surface area contributed by atoms with E-state index in [1.807, 2.05) is 18.2 Å². The second kappa shape index (κ2) is 6.64. The van der Waals surface area contributed by atoms with Crippen molar-refractivity contribution in [3.8, 4) is 6.07 Å². The summed E-state index contributed by atoms with van der Waals surface area (Å²) >= 11 is 0. The quantitative estimate of drug-likeness (QED) is 0.684. The molecule has 1 aliphatic heterocycles. The third kappa shape index (κ3) is 2.72. The summed E-state index contributed by atoms with van der Waals surface area (Å²) in [4.78, 5) is 7.34. The van der Waals surface area contributed by atoms with E-state index in [1.54, 1.807) is 0 Å². The van der Waals surface area contributed by atoms with Crippen molar-refractivity contribution in [3.05, 3.63) is 41.5 Å². The van der Waals surface area contributed by atoms with Gasteiger partial charge in [-0.05, 0) is 48.4 Å². The molecule has 0 N–H and O–H groups in total. The minimum atomic E-state index is 0.675. The van der Waals surface area contributed by atoms with Crippen molar-refractivity contribution in [3.63, 3.8) is 0 Å². The number of hydrogen-bond donors (Lipinski definition) is 0. The van der Waals surface area contributed by atoms with Crippen molar-refractivity contribution >= 4 is 22.5 Å². The van der Waals surface area contributed by atoms with Crippen LogP contribution in [0.1, 0.15) is 44.7 Å². The van der Waals surface area contributed by atoms with Crippen LogP contribution in [0, 0.1) is 23.2 Å². The van der Waals surface area contributed by atoms with Gasteiger partial charge in [0, 0.05) is 13.1 Å². The van der Waals surface area contributed by atoms with Gasteiger partial charge in [-0.2, -0.15) is 5.26 Å². The smallest absolute Gasteiger partial charge is 0.157 e. The van der Waals surface area contributed by atoms with Crippen LogP contribution in [0.15, 0.2) is 30.3 Å². The third-order valence-corrected chi connectivity index (χ3v) is 5.46. The van der Waals surface area contributed by atoms with E-state index in [1.165, 1.54) is 12.2 Å². The number of pyridine rings is 1. The molecule has 0 saturated carbocycles. The van der Waals surface area contributed by atoms with E-state index in [-0.39, 0.29) is 0 Å². The number of rotatable bonds is 3. The summed E-state index contributed by atoms with van der Waals surface area (Å²) in [6.07, 6.45) is 3.22. The van der Waals surface area contributed by atoms with Crippen molar-refractivity contribution in [2.45, 2.75) is 40.0 Å². The van der Waals surface area contributed by atoms with Crippen molar-refractivity contribution < 1.29 is 0 Å². The van der Waals surface area contributed by atoms with Crippen molar-refractivity contribution in [2.75, 3.05) is 18.0 Å². The van der Waals surface area contributed by atoms with Crippen LogP contribution in [0.4, 0.5) is 5.82 Å². The van der Waals surface area contributed by atoms with Gasteiger partial charge in [0.25, 0.3) is 0 Å². The van der Waals surface area contributed by atoms with E-state index in [0.717, 1.165) is 53.7 Å². The Morgan fingerprint density at radius 1 is 1.19 bits per heavy atom. The van der Waals surface area contributed by atoms with Gasteiger partial charge in [0.05, 0.1) is 16.6 Å². The molecule has 26 heavy (non-hydrogen) atoms. The highest BCUT2D eigenvalue weighted by molar-refractivity contribution is 5.85. The molecule has 4 nitrogen and oxygen atoms in total. The molecular weight excluding hydrogens is 320 g/mol. The Morgan fingerprint density at radius 3 is 2.62 bits per heavy atom. The lowest BCUT2D eigenvalue weighted by atomic mass is 9.91. The first-order chi connectivity index (χ1) is 12.6. The van der Waals surface area contributed by atoms with E-state index in [4.69, 9.17) is 4.98 Å². The van der Waals surface area contributed by atoms with Crippen LogP contribution >= 0.6 is 0 Å². The molecular formula is C22H26N4. The fourth-order valence-corrected chi connectivity index (χ4v) is 4.53. The lowest BCUT2D eigenvalue weighted by Crippen LogP contribution is -2.39. The second-order valence-corrected chi connectivity index (χ2v) is 7.88.